The summed E-state index contributed by atoms with van der Waals surface area (Å²) in [6.45, 7) is 0.382. The first-order chi connectivity index (χ1) is 16.1. The van der Waals surface area contributed by atoms with Crippen molar-refractivity contribution in [3.05, 3.63) is 71.8 Å². The van der Waals surface area contributed by atoms with Crippen LogP contribution in [0.1, 0.15) is 27.1 Å². The number of ether oxygens (including phenoxy) is 2. The molecule has 0 bridgehead atoms. The molecule has 0 atom stereocenters. The van der Waals surface area contributed by atoms with Crippen molar-refractivity contribution in [2.45, 2.75) is 11.3 Å². The molecule has 1 aromatic heterocycles. The van der Waals surface area contributed by atoms with Crippen LogP contribution in [0.25, 0.3) is 21.8 Å². The normalized spacial score (nSPS) is 13.1. The number of nitrogens with zero attached hydrogens (tertiary/aromatic N) is 2. The highest BCUT2D eigenvalue weighted by molar-refractivity contribution is 7.99. The van der Waals surface area contributed by atoms with Crippen LogP contribution in [-0.4, -0.2) is 48.2 Å². The Morgan fingerprint density at radius 1 is 0.818 bits per heavy atom. The van der Waals surface area contributed by atoms with Gasteiger partial charge in [-0.2, -0.15) is 0 Å². The van der Waals surface area contributed by atoms with Gasteiger partial charge in [-0.3, -0.25) is 14.5 Å². The summed E-state index contributed by atoms with van der Waals surface area (Å²) in [7, 11) is 3.29. The molecule has 6 nitrogen and oxygen atoms in total. The highest BCUT2D eigenvalue weighted by Crippen LogP contribution is 2.37. The highest BCUT2D eigenvalue weighted by atomic mass is 32.2. The Kier molecular flexibility index (Phi) is 5.64. The molecule has 1 aliphatic rings. The fraction of sp³-hybridized carbons (Fsp3) is 0.192. The number of rotatable bonds is 7. The monoisotopic (exact) mass is 458 g/mol. The van der Waals surface area contributed by atoms with Gasteiger partial charge in [0.1, 0.15) is 11.5 Å². The van der Waals surface area contributed by atoms with Gasteiger partial charge in [0, 0.05) is 22.2 Å². The van der Waals surface area contributed by atoms with E-state index >= 15 is 0 Å². The van der Waals surface area contributed by atoms with Crippen LogP contribution in [0.3, 0.4) is 0 Å². The maximum atomic E-state index is 12.6. The van der Waals surface area contributed by atoms with E-state index in [1.165, 1.54) is 4.90 Å². The number of hydrogen-bond donors (Lipinski definition) is 0. The van der Waals surface area contributed by atoms with E-state index in [1.807, 2.05) is 36.4 Å². The van der Waals surface area contributed by atoms with Crippen molar-refractivity contribution in [3.8, 4) is 11.5 Å². The summed E-state index contributed by atoms with van der Waals surface area (Å²) in [5.41, 5.74) is 2.74. The molecule has 1 aliphatic heterocycles. The van der Waals surface area contributed by atoms with Crippen LogP contribution in [0.5, 0.6) is 11.5 Å². The summed E-state index contributed by atoms with van der Waals surface area (Å²) in [6.07, 6.45) is 0.676. The molecule has 2 heterocycles. The predicted molar refractivity (Wildman–Crippen MR) is 130 cm³/mol. The Balaban J connectivity index is 1.41. The lowest BCUT2D eigenvalue weighted by atomic mass is 10.1. The number of fused-ring (bicyclic) bond motifs is 3. The molecule has 0 saturated heterocycles. The fourth-order valence-electron chi connectivity index (χ4n) is 4.11. The Hall–Kier alpha value is -3.58. The smallest absolute Gasteiger partial charge is 0.261 e. The quantitative estimate of drug-likeness (QED) is 0.164. The average molecular weight is 459 g/mol. The first-order valence-corrected chi connectivity index (χ1v) is 11.6. The lowest BCUT2D eigenvalue weighted by molar-refractivity contribution is 0.0655. The number of benzene rings is 3. The lowest BCUT2D eigenvalue weighted by Crippen LogP contribution is -2.30. The second-order valence-electron chi connectivity index (χ2n) is 7.72. The number of hydrogen-bond acceptors (Lipinski definition) is 6. The fourth-order valence-corrected chi connectivity index (χ4v) is 5.23. The van der Waals surface area contributed by atoms with Gasteiger partial charge in [-0.15, -0.1) is 11.8 Å². The average Bonchev–Trinajstić information content (AvgIpc) is 3.10. The molecule has 0 unspecified atom stereocenters. The molecule has 166 valence electrons. The third-order valence-electron chi connectivity index (χ3n) is 5.79. The van der Waals surface area contributed by atoms with Crippen LogP contribution in [0.15, 0.2) is 65.6 Å². The summed E-state index contributed by atoms with van der Waals surface area (Å²) in [6, 6.07) is 18.7. The van der Waals surface area contributed by atoms with Gasteiger partial charge in [-0.25, -0.2) is 4.98 Å². The van der Waals surface area contributed by atoms with Gasteiger partial charge >= 0.3 is 0 Å². The largest absolute Gasteiger partial charge is 0.497 e. The van der Waals surface area contributed by atoms with E-state index in [-0.39, 0.29) is 11.8 Å². The SMILES string of the molecule is COc1ccc2nc3ccc(OC)cc3c(SCCCN3C(=O)c4ccccc4C3=O)c2c1. The lowest BCUT2D eigenvalue weighted by Gasteiger charge is -2.15. The predicted octanol–water partition coefficient (Wildman–Crippen LogP) is 5.18. The van der Waals surface area contributed by atoms with Crippen molar-refractivity contribution in [1.29, 1.82) is 0 Å². The number of carbonyl (C=O) groups excluding carboxylic acids is 2. The van der Waals surface area contributed by atoms with E-state index in [0.717, 1.165) is 44.0 Å². The molecule has 0 fully saturated rings. The molecule has 33 heavy (non-hydrogen) atoms. The van der Waals surface area contributed by atoms with Gasteiger partial charge in [0.15, 0.2) is 0 Å². The molecule has 0 radical (unpaired) electrons. The van der Waals surface area contributed by atoms with Crippen LogP contribution in [0.4, 0.5) is 0 Å². The second kappa shape index (κ2) is 8.75. The number of aromatic nitrogens is 1. The maximum Gasteiger partial charge on any atom is 0.261 e. The van der Waals surface area contributed by atoms with Gasteiger partial charge in [0.25, 0.3) is 11.8 Å². The van der Waals surface area contributed by atoms with Crippen LogP contribution in [0.2, 0.25) is 0 Å². The molecule has 7 heteroatoms. The molecule has 3 aromatic carbocycles. The van der Waals surface area contributed by atoms with E-state index < -0.39 is 0 Å². The number of thioether (sulfide) groups is 1. The van der Waals surface area contributed by atoms with Crippen LogP contribution >= 0.6 is 11.8 Å². The molecular formula is C26H22N2O4S. The van der Waals surface area contributed by atoms with E-state index in [9.17, 15) is 9.59 Å². The molecule has 0 saturated carbocycles. The van der Waals surface area contributed by atoms with Crippen molar-refractivity contribution >= 4 is 45.4 Å². The first kappa shape index (κ1) is 21.3. The zero-order valence-electron chi connectivity index (χ0n) is 18.3. The zero-order valence-corrected chi connectivity index (χ0v) is 19.1. The minimum atomic E-state index is -0.213. The second-order valence-corrected chi connectivity index (χ2v) is 8.82. The third-order valence-corrected chi connectivity index (χ3v) is 7.01. The van der Waals surface area contributed by atoms with Gasteiger partial charge in [-0.1, -0.05) is 12.1 Å². The van der Waals surface area contributed by atoms with Crippen molar-refractivity contribution < 1.29 is 19.1 Å². The Bertz CT molecular complexity index is 1310. The maximum absolute atomic E-state index is 12.6. The van der Waals surface area contributed by atoms with Crippen molar-refractivity contribution in [2.24, 2.45) is 0 Å². The summed E-state index contributed by atoms with van der Waals surface area (Å²) in [4.78, 5) is 32.5. The van der Waals surface area contributed by atoms with Gasteiger partial charge < -0.3 is 9.47 Å². The van der Waals surface area contributed by atoms with Crippen molar-refractivity contribution in [2.75, 3.05) is 26.5 Å². The Labute approximate surface area is 195 Å². The van der Waals surface area contributed by atoms with E-state index in [2.05, 4.69) is 0 Å². The number of imide groups is 1. The van der Waals surface area contributed by atoms with Gasteiger partial charge in [0.2, 0.25) is 0 Å². The number of methoxy groups -OCH3 is 2. The summed E-state index contributed by atoms with van der Waals surface area (Å²) >= 11 is 1.69. The van der Waals surface area contributed by atoms with Crippen molar-refractivity contribution in [1.82, 2.24) is 9.88 Å². The third kappa shape index (κ3) is 3.78. The van der Waals surface area contributed by atoms with E-state index in [1.54, 1.807) is 50.2 Å². The van der Waals surface area contributed by atoms with Gasteiger partial charge in [0.05, 0.1) is 36.4 Å². The molecule has 0 spiro atoms. The minimum Gasteiger partial charge on any atom is -0.497 e. The summed E-state index contributed by atoms with van der Waals surface area (Å²) in [5.74, 6) is 1.83. The standard InChI is InChI=1S/C26H22N2O4S/c1-31-16-8-10-22-20(14-16)24(21-15-17(32-2)9-11-23(21)27-22)33-13-5-12-28-25(29)18-6-3-4-7-19(18)26(28)30/h3-4,6-11,14-15H,5,12-13H2,1-2H3. The van der Waals surface area contributed by atoms with Crippen LogP contribution in [0, 0.1) is 0 Å². The summed E-state index contributed by atoms with van der Waals surface area (Å²) in [5, 5.41) is 2.00. The molecule has 0 aliphatic carbocycles. The van der Waals surface area contributed by atoms with Gasteiger partial charge in [-0.05, 0) is 60.7 Å². The molecule has 0 N–H and O–H groups in total. The van der Waals surface area contributed by atoms with Crippen molar-refractivity contribution in [3.63, 3.8) is 0 Å². The summed E-state index contributed by atoms with van der Waals surface area (Å²) < 4.78 is 10.9. The van der Waals surface area contributed by atoms with Crippen LogP contribution < -0.4 is 9.47 Å². The first-order valence-electron chi connectivity index (χ1n) is 10.6. The van der Waals surface area contributed by atoms with E-state index in [4.69, 9.17) is 14.5 Å². The van der Waals surface area contributed by atoms with E-state index in [0.29, 0.717) is 24.1 Å². The molecule has 5 rings (SSSR count). The highest BCUT2D eigenvalue weighted by Gasteiger charge is 2.34. The number of amides is 2. The topological polar surface area (TPSA) is 68.7 Å². The number of pyridine rings is 1. The minimum absolute atomic E-state index is 0.213. The Morgan fingerprint density at radius 2 is 1.36 bits per heavy atom. The molecule has 4 aromatic rings. The molecular weight excluding hydrogens is 436 g/mol. The Morgan fingerprint density at radius 3 is 1.88 bits per heavy atom. The number of carbonyl (C=O) groups is 2. The zero-order chi connectivity index (χ0) is 22.9. The molecule has 2 amide bonds. The van der Waals surface area contributed by atoms with Crippen LogP contribution in [-0.2, 0) is 0 Å².